The number of carbonyl (C=O) groups is 1. The highest BCUT2D eigenvalue weighted by Gasteiger charge is 2.10. The van der Waals surface area contributed by atoms with E-state index in [1.807, 2.05) is 24.3 Å². The molecule has 17 heavy (non-hydrogen) atoms. The zero-order valence-electron chi connectivity index (χ0n) is 10.1. The SMILES string of the molecule is CC(C)Cc1ccc(C(=O)c2ncc[nH]2)cc1. The van der Waals surface area contributed by atoms with Gasteiger partial charge in [-0.15, -0.1) is 0 Å². The standard InChI is InChI=1S/C14H16N2O/c1-10(2)9-11-3-5-12(6-4-11)13(17)14-15-7-8-16-14/h3-8,10H,9H2,1-2H3,(H,15,16). The number of rotatable bonds is 4. The van der Waals surface area contributed by atoms with Gasteiger partial charge in [0.05, 0.1) is 0 Å². The Kier molecular flexibility index (Phi) is 3.38. The first-order valence-corrected chi connectivity index (χ1v) is 5.80. The molecule has 88 valence electrons. The van der Waals surface area contributed by atoms with Gasteiger partial charge in [-0.2, -0.15) is 0 Å². The Morgan fingerprint density at radius 1 is 1.29 bits per heavy atom. The summed E-state index contributed by atoms with van der Waals surface area (Å²) in [5.41, 5.74) is 1.93. The number of nitrogens with zero attached hydrogens (tertiary/aromatic N) is 1. The first kappa shape index (κ1) is 11.6. The molecule has 1 heterocycles. The summed E-state index contributed by atoms with van der Waals surface area (Å²) in [5, 5.41) is 0. The fraction of sp³-hybridized carbons (Fsp3) is 0.286. The Labute approximate surface area is 101 Å². The molecule has 1 aromatic heterocycles. The van der Waals surface area contributed by atoms with Crippen LogP contribution in [-0.4, -0.2) is 15.8 Å². The molecule has 2 aromatic rings. The molecule has 1 N–H and O–H groups in total. The summed E-state index contributed by atoms with van der Waals surface area (Å²) < 4.78 is 0. The van der Waals surface area contributed by atoms with E-state index in [-0.39, 0.29) is 5.78 Å². The number of nitrogens with one attached hydrogen (secondary N) is 1. The number of ketones is 1. The van der Waals surface area contributed by atoms with Crippen molar-refractivity contribution in [3.8, 4) is 0 Å². The fourth-order valence-electron chi connectivity index (χ4n) is 1.79. The Balaban J connectivity index is 2.15. The summed E-state index contributed by atoms with van der Waals surface area (Å²) >= 11 is 0. The van der Waals surface area contributed by atoms with Gasteiger partial charge in [0.2, 0.25) is 5.78 Å². The molecule has 0 saturated carbocycles. The van der Waals surface area contributed by atoms with Gasteiger partial charge in [-0.3, -0.25) is 4.79 Å². The molecule has 1 aromatic carbocycles. The smallest absolute Gasteiger partial charge is 0.228 e. The molecule has 0 radical (unpaired) electrons. The van der Waals surface area contributed by atoms with Crippen LogP contribution >= 0.6 is 0 Å². The summed E-state index contributed by atoms with van der Waals surface area (Å²) in [6.07, 6.45) is 4.27. The normalized spacial score (nSPS) is 10.8. The predicted molar refractivity (Wildman–Crippen MR) is 67.0 cm³/mol. The van der Waals surface area contributed by atoms with Crippen molar-refractivity contribution < 1.29 is 4.79 Å². The number of aromatic nitrogens is 2. The lowest BCUT2D eigenvalue weighted by Gasteiger charge is -2.05. The second-order valence-electron chi connectivity index (χ2n) is 4.56. The van der Waals surface area contributed by atoms with Gasteiger partial charge < -0.3 is 4.98 Å². The van der Waals surface area contributed by atoms with Crippen molar-refractivity contribution in [2.75, 3.05) is 0 Å². The summed E-state index contributed by atoms with van der Waals surface area (Å²) in [6.45, 7) is 4.36. The third-order valence-corrected chi connectivity index (χ3v) is 2.57. The number of imidazole rings is 1. The van der Waals surface area contributed by atoms with Gasteiger partial charge in [0, 0.05) is 18.0 Å². The van der Waals surface area contributed by atoms with Crippen molar-refractivity contribution in [1.29, 1.82) is 0 Å². The zero-order valence-corrected chi connectivity index (χ0v) is 10.1. The van der Waals surface area contributed by atoms with Crippen LogP contribution in [-0.2, 0) is 6.42 Å². The summed E-state index contributed by atoms with van der Waals surface area (Å²) in [5.74, 6) is 0.953. The Morgan fingerprint density at radius 3 is 2.53 bits per heavy atom. The van der Waals surface area contributed by atoms with Gasteiger partial charge in [0.1, 0.15) is 0 Å². The van der Waals surface area contributed by atoms with Crippen LogP contribution in [0.3, 0.4) is 0 Å². The highest BCUT2D eigenvalue weighted by atomic mass is 16.1. The van der Waals surface area contributed by atoms with Crippen molar-refractivity contribution in [3.05, 3.63) is 53.6 Å². The van der Waals surface area contributed by atoms with E-state index in [1.165, 1.54) is 5.56 Å². The monoisotopic (exact) mass is 228 g/mol. The Hall–Kier alpha value is -1.90. The molecule has 0 unspecified atom stereocenters. The molecule has 0 saturated heterocycles. The highest BCUT2D eigenvalue weighted by Crippen LogP contribution is 2.11. The number of hydrogen-bond acceptors (Lipinski definition) is 2. The molecule has 0 aliphatic heterocycles. The van der Waals surface area contributed by atoms with Crippen molar-refractivity contribution in [2.24, 2.45) is 5.92 Å². The van der Waals surface area contributed by atoms with E-state index in [0.29, 0.717) is 17.3 Å². The minimum absolute atomic E-state index is 0.0638. The lowest BCUT2D eigenvalue weighted by Crippen LogP contribution is -2.04. The van der Waals surface area contributed by atoms with Crippen molar-refractivity contribution in [3.63, 3.8) is 0 Å². The van der Waals surface area contributed by atoms with Crippen LogP contribution in [0.15, 0.2) is 36.7 Å². The van der Waals surface area contributed by atoms with Crippen LogP contribution in [0.2, 0.25) is 0 Å². The maximum atomic E-state index is 11.9. The Morgan fingerprint density at radius 2 is 2.00 bits per heavy atom. The van der Waals surface area contributed by atoms with Gasteiger partial charge in [0.25, 0.3) is 0 Å². The van der Waals surface area contributed by atoms with Crippen LogP contribution in [0, 0.1) is 5.92 Å². The summed E-state index contributed by atoms with van der Waals surface area (Å²) in [7, 11) is 0. The number of aromatic amines is 1. The van der Waals surface area contributed by atoms with Crippen molar-refractivity contribution in [1.82, 2.24) is 9.97 Å². The molecular weight excluding hydrogens is 212 g/mol. The van der Waals surface area contributed by atoms with Gasteiger partial charge in [-0.1, -0.05) is 38.1 Å². The van der Waals surface area contributed by atoms with Crippen LogP contribution in [0.4, 0.5) is 0 Å². The largest absolute Gasteiger partial charge is 0.342 e. The molecule has 2 rings (SSSR count). The second kappa shape index (κ2) is 4.95. The molecular formula is C14H16N2O. The maximum absolute atomic E-state index is 11.9. The number of carbonyl (C=O) groups excluding carboxylic acids is 1. The topological polar surface area (TPSA) is 45.8 Å². The molecule has 3 heteroatoms. The van der Waals surface area contributed by atoms with Crippen molar-refractivity contribution in [2.45, 2.75) is 20.3 Å². The minimum atomic E-state index is -0.0638. The molecule has 0 fully saturated rings. The van der Waals surface area contributed by atoms with E-state index >= 15 is 0 Å². The average molecular weight is 228 g/mol. The van der Waals surface area contributed by atoms with E-state index in [0.717, 1.165) is 6.42 Å². The van der Waals surface area contributed by atoms with Crippen LogP contribution < -0.4 is 0 Å². The number of hydrogen-bond donors (Lipinski definition) is 1. The Bertz CT molecular complexity index is 483. The molecule has 3 nitrogen and oxygen atoms in total. The lowest BCUT2D eigenvalue weighted by molar-refractivity contribution is 0.103. The van der Waals surface area contributed by atoms with E-state index in [1.54, 1.807) is 12.4 Å². The van der Waals surface area contributed by atoms with Gasteiger partial charge in [0.15, 0.2) is 5.82 Å². The van der Waals surface area contributed by atoms with E-state index in [9.17, 15) is 4.79 Å². The van der Waals surface area contributed by atoms with Crippen LogP contribution in [0.5, 0.6) is 0 Å². The van der Waals surface area contributed by atoms with Gasteiger partial charge >= 0.3 is 0 Å². The maximum Gasteiger partial charge on any atom is 0.228 e. The van der Waals surface area contributed by atoms with E-state index < -0.39 is 0 Å². The van der Waals surface area contributed by atoms with Gasteiger partial charge in [-0.25, -0.2) is 4.98 Å². The van der Waals surface area contributed by atoms with Crippen molar-refractivity contribution >= 4 is 5.78 Å². The number of benzene rings is 1. The third kappa shape index (κ3) is 2.81. The second-order valence-corrected chi connectivity index (χ2v) is 4.56. The third-order valence-electron chi connectivity index (χ3n) is 2.57. The molecule has 0 bridgehead atoms. The minimum Gasteiger partial charge on any atom is -0.342 e. The first-order valence-electron chi connectivity index (χ1n) is 5.80. The first-order chi connectivity index (χ1) is 8.16. The van der Waals surface area contributed by atoms with E-state index in [4.69, 9.17) is 0 Å². The van der Waals surface area contributed by atoms with Gasteiger partial charge in [-0.05, 0) is 17.9 Å². The van der Waals surface area contributed by atoms with Crippen LogP contribution in [0.1, 0.15) is 35.6 Å². The molecule has 0 amide bonds. The lowest BCUT2D eigenvalue weighted by atomic mass is 10.0. The summed E-state index contributed by atoms with van der Waals surface area (Å²) in [6, 6.07) is 7.75. The molecule has 0 aliphatic rings. The number of H-pyrrole nitrogens is 1. The van der Waals surface area contributed by atoms with Crippen LogP contribution in [0.25, 0.3) is 0 Å². The molecule has 0 aliphatic carbocycles. The molecule has 0 atom stereocenters. The average Bonchev–Trinajstić information content (AvgIpc) is 2.82. The quantitative estimate of drug-likeness (QED) is 0.818. The highest BCUT2D eigenvalue weighted by molar-refractivity contribution is 6.06. The molecule has 0 spiro atoms. The zero-order chi connectivity index (χ0) is 12.3. The fourth-order valence-corrected chi connectivity index (χ4v) is 1.79. The summed E-state index contributed by atoms with van der Waals surface area (Å²) in [4.78, 5) is 18.7. The van der Waals surface area contributed by atoms with E-state index in [2.05, 4.69) is 23.8 Å². The predicted octanol–water partition coefficient (Wildman–Crippen LogP) is 2.84.